The van der Waals surface area contributed by atoms with Gasteiger partial charge in [-0.15, -0.1) is 0 Å². The van der Waals surface area contributed by atoms with Gasteiger partial charge in [0, 0.05) is 30.3 Å². The van der Waals surface area contributed by atoms with Crippen molar-refractivity contribution in [3.63, 3.8) is 0 Å². The van der Waals surface area contributed by atoms with E-state index in [1.165, 1.54) is 6.20 Å². The summed E-state index contributed by atoms with van der Waals surface area (Å²) in [6.45, 7) is 2.14. The van der Waals surface area contributed by atoms with Crippen molar-refractivity contribution in [2.45, 2.75) is 39.0 Å². The normalized spacial score (nSPS) is 20.9. The molecule has 1 aliphatic carbocycles. The van der Waals surface area contributed by atoms with E-state index < -0.39 is 0 Å². The summed E-state index contributed by atoms with van der Waals surface area (Å²) < 4.78 is 5.09. The van der Waals surface area contributed by atoms with E-state index >= 15 is 0 Å². The molecule has 1 unspecified atom stereocenters. The van der Waals surface area contributed by atoms with Gasteiger partial charge < -0.3 is 10.5 Å². The molecule has 0 spiro atoms. The molecule has 2 aliphatic rings. The highest BCUT2D eigenvalue weighted by atomic mass is 35.5. The second kappa shape index (κ2) is 11.2. The lowest BCUT2D eigenvalue weighted by molar-refractivity contribution is -0.406. The Bertz CT molecular complexity index is 815. The van der Waals surface area contributed by atoms with Crippen LogP contribution < -0.4 is 11.1 Å². The first-order valence-corrected chi connectivity index (χ1v) is 9.66. The van der Waals surface area contributed by atoms with Crippen LogP contribution in [0.25, 0.3) is 0 Å². The molecule has 0 aromatic rings. The van der Waals surface area contributed by atoms with Gasteiger partial charge in [-0.25, -0.2) is 10.3 Å². The summed E-state index contributed by atoms with van der Waals surface area (Å²) >= 11 is 6.18. The average Bonchev–Trinajstić information content (AvgIpc) is 2.68. The van der Waals surface area contributed by atoms with Gasteiger partial charge in [0.05, 0.1) is 24.7 Å². The Morgan fingerprint density at radius 2 is 2.39 bits per heavy atom. The minimum atomic E-state index is -0.333. The molecule has 0 bridgehead atoms. The smallest absolute Gasteiger partial charge is 0.313 e. The Morgan fingerprint density at radius 3 is 3.11 bits per heavy atom. The number of carbonyl (C=O) groups is 1. The highest BCUT2D eigenvalue weighted by Gasteiger charge is 2.23. The first-order chi connectivity index (χ1) is 13.6. The maximum atomic E-state index is 12.0. The molecular formula is C20H25ClN5O2+. The predicted molar refractivity (Wildman–Crippen MR) is 109 cm³/mol. The molecule has 8 heteroatoms. The summed E-state index contributed by atoms with van der Waals surface area (Å²) in [6.07, 6.45) is 12.0. The predicted octanol–water partition coefficient (Wildman–Crippen LogP) is 2.39. The lowest BCUT2D eigenvalue weighted by atomic mass is 9.98. The van der Waals surface area contributed by atoms with Crippen molar-refractivity contribution < 1.29 is 14.8 Å². The van der Waals surface area contributed by atoms with E-state index in [2.05, 4.69) is 16.1 Å². The van der Waals surface area contributed by atoms with Gasteiger partial charge in [-0.05, 0) is 32.3 Å². The number of nitriles is 1. The molecule has 0 amide bonds. The lowest BCUT2D eigenvalue weighted by Gasteiger charge is -2.16. The van der Waals surface area contributed by atoms with Crippen LogP contribution in [0.2, 0.25) is 0 Å². The Morgan fingerprint density at radius 1 is 1.57 bits per heavy atom. The molecule has 0 fully saturated rings. The Hall–Kier alpha value is -2.69. The highest BCUT2D eigenvalue weighted by molar-refractivity contribution is 6.32. The van der Waals surface area contributed by atoms with E-state index in [9.17, 15) is 4.79 Å². The van der Waals surface area contributed by atoms with E-state index in [0.29, 0.717) is 42.7 Å². The molecule has 0 radical (unpaired) electrons. The summed E-state index contributed by atoms with van der Waals surface area (Å²) in [5, 5.41) is 10.8. The molecule has 28 heavy (non-hydrogen) atoms. The number of amidine groups is 2. The SMILES string of the molecule is CCOC(=O)C1C=CC=C(N=C2C=C(Cl)N=C(C(=CN)CCCCC#N)[NH2+]2)C1. The Kier molecular flexibility index (Phi) is 8.66. The molecule has 7 nitrogen and oxygen atoms in total. The fraction of sp³-hybridized carbons (Fsp3) is 0.400. The van der Waals surface area contributed by atoms with Gasteiger partial charge in [0.1, 0.15) is 5.16 Å². The third-order valence-corrected chi connectivity index (χ3v) is 4.41. The van der Waals surface area contributed by atoms with Crippen molar-refractivity contribution in [2.24, 2.45) is 21.6 Å². The van der Waals surface area contributed by atoms with Crippen LogP contribution in [-0.4, -0.2) is 24.2 Å². The Labute approximate surface area is 170 Å². The number of unbranched alkanes of at least 4 members (excludes halogenated alkanes) is 2. The molecule has 1 heterocycles. The monoisotopic (exact) mass is 402 g/mol. The molecule has 1 aliphatic heterocycles. The second-order valence-corrected chi connectivity index (χ2v) is 6.70. The number of nitrogens with zero attached hydrogens (tertiary/aromatic N) is 3. The first-order valence-electron chi connectivity index (χ1n) is 9.28. The molecule has 148 valence electrons. The van der Waals surface area contributed by atoms with E-state index in [1.807, 2.05) is 23.5 Å². The number of allylic oxidation sites excluding steroid dienone is 3. The number of halogens is 1. The van der Waals surface area contributed by atoms with Gasteiger partial charge in [0.15, 0.2) is 0 Å². The zero-order valence-corrected chi connectivity index (χ0v) is 16.7. The number of hydrogen-bond donors (Lipinski definition) is 2. The van der Waals surface area contributed by atoms with E-state index in [1.54, 1.807) is 13.0 Å². The number of carbonyl (C=O) groups excluding carboxylic acids is 1. The number of nitrogens with two attached hydrogens (primary N) is 2. The zero-order valence-electron chi connectivity index (χ0n) is 15.9. The number of ether oxygens (including phenoxy) is 1. The number of quaternary nitrogens is 1. The third kappa shape index (κ3) is 6.48. The first kappa shape index (κ1) is 21.6. The number of aliphatic imine (C=N–C) groups is 2. The standard InChI is InChI=1S/C20H24ClN5O2/c1-2-28-20(27)14-8-6-9-16(11-14)24-18-12-17(21)25-19(26-18)15(13-23)7-4-3-5-10-22/h6,8-9,12-14H,2-5,7,11,23H2,1H3,(H,24,25,26)/p+1. The van der Waals surface area contributed by atoms with Crippen molar-refractivity contribution >= 4 is 29.2 Å². The quantitative estimate of drug-likeness (QED) is 0.368. The van der Waals surface area contributed by atoms with Crippen LogP contribution in [0.4, 0.5) is 0 Å². The van der Waals surface area contributed by atoms with Crippen molar-refractivity contribution in [1.82, 2.24) is 0 Å². The minimum Gasteiger partial charge on any atom is -0.466 e. The van der Waals surface area contributed by atoms with Crippen molar-refractivity contribution in [3.8, 4) is 6.07 Å². The van der Waals surface area contributed by atoms with Crippen molar-refractivity contribution in [2.75, 3.05) is 6.61 Å². The lowest BCUT2D eigenvalue weighted by Crippen LogP contribution is -2.92. The summed E-state index contributed by atoms with van der Waals surface area (Å²) in [7, 11) is 0. The largest absolute Gasteiger partial charge is 0.466 e. The van der Waals surface area contributed by atoms with Gasteiger partial charge in [-0.3, -0.25) is 4.79 Å². The van der Waals surface area contributed by atoms with Crippen molar-refractivity contribution in [3.05, 3.63) is 46.9 Å². The number of rotatable bonds is 8. The fourth-order valence-corrected chi connectivity index (χ4v) is 3.05. The molecular weight excluding hydrogens is 378 g/mol. The van der Waals surface area contributed by atoms with Crippen LogP contribution in [0.3, 0.4) is 0 Å². The van der Waals surface area contributed by atoms with Crippen LogP contribution >= 0.6 is 11.6 Å². The zero-order chi connectivity index (χ0) is 20.4. The summed E-state index contributed by atoms with van der Waals surface area (Å²) in [5.41, 5.74) is 7.40. The Balaban J connectivity index is 2.07. The maximum Gasteiger partial charge on any atom is 0.313 e. The van der Waals surface area contributed by atoms with Crippen LogP contribution in [-0.2, 0) is 9.53 Å². The van der Waals surface area contributed by atoms with Crippen molar-refractivity contribution in [1.29, 1.82) is 5.26 Å². The molecule has 0 saturated carbocycles. The second-order valence-electron chi connectivity index (χ2n) is 6.31. The van der Waals surface area contributed by atoms with Gasteiger partial charge in [-0.2, -0.15) is 10.3 Å². The van der Waals surface area contributed by atoms with Gasteiger partial charge >= 0.3 is 5.97 Å². The van der Waals surface area contributed by atoms with Gasteiger partial charge in [0.2, 0.25) is 11.7 Å². The maximum absolute atomic E-state index is 12.0. The summed E-state index contributed by atoms with van der Waals surface area (Å²) in [6, 6.07) is 2.14. The van der Waals surface area contributed by atoms with E-state index in [-0.39, 0.29) is 11.9 Å². The van der Waals surface area contributed by atoms with Gasteiger partial charge in [-0.1, -0.05) is 23.8 Å². The van der Waals surface area contributed by atoms with E-state index in [4.69, 9.17) is 27.3 Å². The molecule has 2 rings (SSSR count). The van der Waals surface area contributed by atoms with Crippen LogP contribution in [0.15, 0.2) is 56.9 Å². The molecule has 0 aromatic heterocycles. The number of hydrogen-bond acceptors (Lipinski definition) is 6. The molecule has 0 saturated heterocycles. The van der Waals surface area contributed by atoms with Crippen LogP contribution in [0.1, 0.15) is 39.0 Å². The third-order valence-electron chi connectivity index (χ3n) is 4.22. The average molecular weight is 403 g/mol. The van der Waals surface area contributed by atoms with Gasteiger partial charge in [0.25, 0.3) is 0 Å². The number of esters is 1. The highest BCUT2D eigenvalue weighted by Crippen LogP contribution is 2.21. The van der Waals surface area contributed by atoms with Crippen LogP contribution in [0.5, 0.6) is 0 Å². The fourth-order valence-electron chi connectivity index (χ4n) is 2.85. The summed E-state index contributed by atoms with van der Waals surface area (Å²) in [5.74, 6) is 0.731. The molecule has 0 aromatic carbocycles. The molecule has 1 atom stereocenters. The van der Waals surface area contributed by atoms with E-state index in [0.717, 1.165) is 24.1 Å². The molecule has 4 N–H and O–H groups in total. The van der Waals surface area contributed by atoms with Crippen LogP contribution in [0, 0.1) is 17.2 Å². The minimum absolute atomic E-state index is 0.251. The topological polar surface area (TPSA) is 117 Å². The summed E-state index contributed by atoms with van der Waals surface area (Å²) in [4.78, 5) is 20.9.